The van der Waals surface area contributed by atoms with Gasteiger partial charge in [-0.3, -0.25) is 0 Å². The molecule has 2 N–H and O–H groups in total. The second-order valence-corrected chi connectivity index (χ2v) is 6.00. The molecule has 0 aliphatic carbocycles. The summed E-state index contributed by atoms with van der Waals surface area (Å²) in [5, 5.41) is 6.60. The molecule has 2 rings (SSSR count). The molecule has 6 heteroatoms. The maximum absolute atomic E-state index is 5.92. The summed E-state index contributed by atoms with van der Waals surface area (Å²) in [6, 6.07) is 10.2. The number of hydrogen-bond donors (Lipinski definition) is 2. The largest absolute Gasteiger partial charge is 0.489 e. The lowest BCUT2D eigenvalue weighted by Gasteiger charge is -2.17. The summed E-state index contributed by atoms with van der Waals surface area (Å²) in [6.45, 7) is 8.35. The van der Waals surface area contributed by atoms with Crippen molar-refractivity contribution in [3.05, 3.63) is 53.9 Å². The van der Waals surface area contributed by atoms with Crippen LogP contribution in [0.5, 0.6) is 5.75 Å². The predicted octanol–water partition coefficient (Wildman–Crippen LogP) is 3.47. The van der Waals surface area contributed by atoms with Crippen molar-refractivity contribution in [3.63, 3.8) is 0 Å². The normalized spacial score (nSPS) is 12.2. The maximum Gasteiger partial charge on any atom is 0.191 e. The molecule has 1 aromatic carbocycles. The van der Waals surface area contributed by atoms with E-state index in [4.69, 9.17) is 4.74 Å². The molecule has 138 valence electrons. The van der Waals surface area contributed by atoms with Crippen LogP contribution in [0.15, 0.2) is 47.7 Å². The fourth-order valence-corrected chi connectivity index (χ4v) is 2.30. The lowest BCUT2D eigenvalue weighted by Crippen LogP contribution is -2.41. The first-order valence-electron chi connectivity index (χ1n) is 8.43. The van der Waals surface area contributed by atoms with E-state index in [0.717, 1.165) is 18.3 Å². The smallest absolute Gasteiger partial charge is 0.191 e. The van der Waals surface area contributed by atoms with Crippen LogP contribution in [0.1, 0.15) is 25.0 Å². The van der Waals surface area contributed by atoms with Gasteiger partial charge in [0.15, 0.2) is 5.96 Å². The number of halogens is 1. The molecule has 2 aromatic rings. The summed E-state index contributed by atoms with van der Waals surface area (Å²) in [7, 11) is 2.01. The number of hydrogen-bond acceptors (Lipinski definition) is 2. The van der Waals surface area contributed by atoms with Gasteiger partial charge in [0.25, 0.3) is 0 Å². The van der Waals surface area contributed by atoms with E-state index in [1.165, 1.54) is 11.1 Å². The fourth-order valence-electron chi connectivity index (χ4n) is 2.30. The Balaban J connectivity index is 0.00000312. The van der Waals surface area contributed by atoms with Crippen LogP contribution >= 0.6 is 24.0 Å². The molecule has 1 unspecified atom stereocenters. The number of ether oxygens (including phenoxy) is 1. The first kappa shape index (κ1) is 21.3. The Hall–Kier alpha value is -1.70. The predicted molar refractivity (Wildman–Crippen MR) is 115 cm³/mol. The molecule has 0 radical (unpaired) electrons. The second kappa shape index (κ2) is 11.0. The van der Waals surface area contributed by atoms with Crippen molar-refractivity contribution in [2.24, 2.45) is 12.0 Å². The zero-order valence-electron chi connectivity index (χ0n) is 15.5. The van der Waals surface area contributed by atoms with Gasteiger partial charge in [0.1, 0.15) is 11.9 Å². The second-order valence-electron chi connectivity index (χ2n) is 6.00. The van der Waals surface area contributed by atoms with Crippen molar-refractivity contribution in [3.8, 4) is 5.75 Å². The zero-order valence-corrected chi connectivity index (χ0v) is 17.8. The molecule has 1 atom stereocenters. The summed E-state index contributed by atoms with van der Waals surface area (Å²) in [5.41, 5.74) is 2.43. The molecule has 0 saturated carbocycles. The van der Waals surface area contributed by atoms with E-state index < -0.39 is 0 Å². The van der Waals surface area contributed by atoms with Crippen LogP contribution in [-0.4, -0.2) is 29.7 Å². The Morgan fingerprint density at radius 3 is 2.52 bits per heavy atom. The highest BCUT2D eigenvalue weighted by molar-refractivity contribution is 14.0. The maximum atomic E-state index is 5.92. The van der Waals surface area contributed by atoms with Crippen LogP contribution in [0.4, 0.5) is 0 Å². The molecule has 0 aliphatic rings. The average molecular weight is 456 g/mol. The highest BCUT2D eigenvalue weighted by Crippen LogP contribution is 2.12. The van der Waals surface area contributed by atoms with Crippen molar-refractivity contribution in [2.75, 3.05) is 13.1 Å². The molecule has 0 fully saturated rings. The topological polar surface area (TPSA) is 50.6 Å². The summed E-state index contributed by atoms with van der Waals surface area (Å²) in [6.07, 6.45) is 4.16. The van der Waals surface area contributed by atoms with E-state index in [9.17, 15) is 0 Å². The van der Waals surface area contributed by atoms with Gasteiger partial charge < -0.3 is 19.9 Å². The monoisotopic (exact) mass is 456 g/mol. The third-order valence-electron chi connectivity index (χ3n) is 3.57. The SMILES string of the molecule is CCNC(=NCc1ccn(C)c1)NCC(C)Oc1ccc(C)cc1.I. The van der Waals surface area contributed by atoms with Crippen molar-refractivity contribution in [1.82, 2.24) is 15.2 Å². The Morgan fingerprint density at radius 1 is 1.20 bits per heavy atom. The van der Waals surface area contributed by atoms with Crippen molar-refractivity contribution in [2.45, 2.75) is 33.4 Å². The minimum absolute atomic E-state index is 0. The molecule has 5 nitrogen and oxygen atoms in total. The average Bonchev–Trinajstić information content (AvgIpc) is 2.98. The van der Waals surface area contributed by atoms with Gasteiger partial charge in [0.05, 0.1) is 13.1 Å². The van der Waals surface area contributed by atoms with Crippen LogP contribution in [-0.2, 0) is 13.6 Å². The molecule has 25 heavy (non-hydrogen) atoms. The number of aliphatic imine (C=N–C) groups is 1. The lowest BCUT2D eigenvalue weighted by molar-refractivity contribution is 0.224. The molecule has 1 heterocycles. The molecule has 1 aromatic heterocycles. The number of rotatable bonds is 7. The molecular weight excluding hydrogens is 427 g/mol. The van der Waals surface area contributed by atoms with Crippen molar-refractivity contribution >= 4 is 29.9 Å². The first-order valence-corrected chi connectivity index (χ1v) is 8.43. The third kappa shape index (κ3) is 7.81. The van der Waals surface area contributed by atoms with E-state index >= 15 is 0 Å². The number of nitrogens with one attached hydrogen (secondary N) is 2. The quantitative estimate of drug-likeness (QED) is 0.381. The van der Waals surface area contributed by atoms with E-state index in [1.54, 1.807) is 0 Å². The highest BCUT2D eigenvalue weighted by atomic mass is 127. The lowest BCUT2D eigenvalue weighted by atomic mass is 10.2. The van der Waals surface area contributed by atoms with Gasteiger partial charge in [0.2, 0.25) is 0 Å². The summed E-state index contributed by atoms with van der Waals surface area (Å²) >= 11 is 0. The van der Waals surface area contributed by atoms with Gasteiger partial charge in [-0.2, -0.15) is 0 Å². The van der Waals surface area contributed by atoms with E-state index in [0.29, 0.717) is 13.1 Å². The van der Waals surface area contributed by atoms with Crippen LogP contribution in [0.3, 0.4) is 0 Å². The van der Waals surface area contributed by atoms with Crippen LogP contribution < -0.4 is 15.4 Å². The number of nitrogens with zero attached hydrogens (tertiary/aromatic N) is 2. The molecule has 0 spiro atoms. The van der Waals surface area contributed by atoms with Gasteiger partial charge in [0, 0.05) is 26.0 Å². The van der Waals surface area contributed by atoms with E-state index in [-0.39, 0.29) is 30.1 Å². The molecule has 0 bridgehead atoms. The van der Waals surface area contributed by atoms with Gasteiger partial charge in [-0.1, -0.05) is 17.7 Å². The number of aromatic nitrogens is 1. The molecule has 0 saturated heterocycles. The Kier molecular flexibility index (Phi) is 9.41. The van der Waals surface area contributed by atoms with Gasteiger partial charge in [-0.15, -0.1) is 24.0 Å². The van der Waals surface area contributed by atoms with Gasteiger partial charge in [-0.25, -0.2) is 4.99 Å². The standard InChI is InChI=1S/C19H28N4O.HI/c1-5-20-19(22-13-17-10-11-23(4)14-17)21-12-16(3)24-18-8-6-15(2)7-9-18;/h6-11,14,16H,5,12-13H2,1-4H3,(H2,20,21,22);1H. The minimum atomic E-state index is 0. The van der Waals surface area contributed by atoms with Crippen LogP contribution in [0.2, 0.25) is 0 Å². The highest BCUT2D eigenvalue weighted by Gasteiger charge is 2.06. The van der Waals surface area contributed by atoms with Crippen molar-refractivity contribution in [1.29, 1.82) is 0 Å². The minimum Gasteiger partial charge on any atom is -0.489 e. The van der Waals surface area contributed by atoms with Crippen LogP contribution in [0.25, 0.3) is 0 Å². The Morgan fingerprint density at radius 2 is 1.92 bits per heavy atom. The van der Waals surface area contributed by atoms with Gasteiger partial charge in [-0.05, 0) is 44.5 Å². The summed E-state index contributed by atoms with van der Waals surface area (Å²) in [5.74, 6) is 1.70. The zero-order chi connectivity index (χ0) is 17.4. The Labute approximate surface area is 167 Å². The summed E-state index contributed by atoms with van der Waals surface area (Å²) < 4.78 is 7.95. The molecule has 0 amide bonds. The molecule has 0 aliphatic heterocycles. The Bertz CT molecular complexity index is 652. The van der Waals surface area contributed by atoms with Crippen molar-refractivity contribution < 1.29 is 4.74 Å². The number of guanidine groups is 1. The number of aryl methyl sites for hydroxylation is 2. The van der Waals surface area contributed by atoms with Gasteiger partial charge >= 0.3 is 0 Å². The summed E-state index contributed by atoms with van der Waals surface area (Å²) in [4.78, 5) is 4.61. The van der Waals surface area contributed by atoms with Crippen LogP contribution in [0, 0.1) is 6.92 Å². The van der Waals surface area contributed by atoms with E-state index in [1.807, 2.05) is 36.9 Å². The first-order chi connectivity index (χ1) is 11.6. The third-order valence-corrected chi connectivity index (χ3v) is 3.57. The number of benzene rings is 1. The molecular formula is C19H29IN4O. The van der Waals surface area contributed by atoms with E-state index in [2.05, 4.69) is 53.9 Å². The fraction of sp³-hybridized carbons (Fsp3) is 0.421.